The van der Waals surface area contributed by atoms with Gasteiger partial charge in [0.05, 0.1) is 0 Å². The van der Waals surface area contributed by atoms with Gasteiger partial charge in [0.15, 0.2) is 0 Å². The minimum atomic E-state index is 0.834. The Morgan fingerprint density at radius 2 is 1.83 bits per heavy atom. The number of nitrogens with one attached hydrogen (secondary N) is 1. The van der Waals surface area contributed by atoms with Crippen LogP contribution >= 0.6 is 0 Å². The summed E-state index contributed by atoms with van der Waals surface area (Å²) in [6, 6.07) is 0.834. The molecule has 3 saturated carbocycles. The molecule has 3 rings (SSSR count). The van der Waals surface area contributed by atoms with Crippen molar-refractivity contribution < 1.29 is 0 Å². The van der Waals surface area contributed by atoms with Gasteiger partial charge < -0.3 is 5.32 Å². The normalized spacial score (nSPS) is 44.2. The first-order chi connectivity index (χ1) is 8.85. The molecule has 3 aliphatic carbocycles. The molecule has 5 atom stereocenters. The molecule has 2 bridgehead atoms. The number of rotatable bonds is 4. The largest absolute Gasteiger partial charge is 0.314 e. The van der Waals surface area contributed by atoms with Gasteiger partial charge in [-0.15, -0.1) is 0 Å². The first-order valence-corrected chi connectivity index (χ1v) is 8.58. The molecule has 0 amide bonds. The summed E-state index contributed by atoms with van der Waals surface area (Å²) in [6.45, 7) is 3.42. The fourth-order valence-corrected chi connectivity index (χ4v) is 5.24. The van der Waals surface area contributed by atoms with Crippen molar-refractivity contribution >= 4 is 0 Å². The van der Waals surface area contributed by atoms with Crippen LogP contribution in [-0.4, -0.2) is 12.6 Å². The average Bonchev–Trinajstić information content (AvgIpc) is 2.90. The van der Waals surface area contributed by atoms with Crippen molar-refractivity contribution in [2.75, 3.05) is 6.54 Å². The maximum atomic E-state index is 3.71. The Morgan fingerprint density at radius 1 is 0.944 bits per heavy atom. The second-order valence-electron chi connectivity index (χ2n) is 7.31. The van der Waals surface area contributed by atoms with Crippen LogP contribution in [0.1, 0.15) is 71.1 Å². The molecule has 1 nitrogen and oxygen atoms in total. The summed E-state index contributed by atoms with van der Waals surface area (Å²) in [4.78, 5) is 0. The van der Waals surface area contributed by atoms with Crippen LogP contribution < -0.4 is 5.32 Å². The lowest BCUT2D eigenvalue weighted by molar-refractivity contribution is 0.245. The van der Waals surface area contributed by atoms with E-state index >= 15 is 0 Å². The van der Waals surface area contributed by atoms with Crippen LogP contribution in [0.3, 0.4) is 0 Å². The summed E-state index contributed by atoms with van der Waals surface area (Å²) in [5, 5.41) is 3.71. The highest BCUT2D eigenvalue weighted by atomic mass is 14.9. The minimum Gasteiger partial charge on any atom is -0.314 e. The summed E-state index contributed by atoms with van der Waals surface area (Å²) >= 11 is 0. The molecule has 0 radical (unpaired) electrons. The van der Waals surface area contributed by atoms with E-state index in [1.54, 1.807) is 32.1 Å². The highest BCUT2D eigenvalue weighted by Crippen LogP contribution is 2.51. The Morgan fingerprint density at radius 3 is 2.56 bits per heavy atom. The number of hydrogen-bond donors (Lipinski definition) is 1. The maximum Gasteiger partial charge on any atom is 0.00695 e. The summed E-state index contributed by atoms with van der Waals surface area (Å²) in [5.41, 5.74) is 0. The predicted octanol–water partition coefficient (Wildman–Crippen LogP) is 4.37. The monoisotopic (exact) mass is 249 g/mol. The van der Waals surface area contributed by atoms with E-state index in [0.717, 1.165) is 36.3 Å². The summed E-state index contributed by atoms with van der Waals surface area (Å²) in [5.74, 6) is 4.43. The molecule has 5 unspecified atom stereocenters. The molecule has 0 aliphatic heterocycles. The second-order valence-corrected chi connectivity index (χ2v) is 7.31. The molecule has 0 aromatic heterocycles. The van der Waals surface area contributed by atoms with Crippen LogP contribution in [-0.2, 0) is 0 Å². The first kappa shape index (κ1) is 13.0. The molecule has 3 aliphatic rings. The van der Waals surface area contributed by atoms with Crippen LogP contribution in [0.2, 0.25) is 0 Å². The molecule has 0 aromatic carbocycles. The van der Waals surface area contributed by atoms with Crippen LogP contribution in [0, 0.1) is 23.7 Å². The van der Waals surface area contributed by atoms with Crippen molar-refractivity contribution in [2.24, 2.45) is 23.7 Å². The van der Waals surface area contributed by atoms with Gasteiger partial charge in [-0.1, -0.05) is 32.6 Å². The fourth-order valence-electron chi connectivity index (χ4n) is 5.24. The second kappa shape index (κ2) is 5.94. The Kier molecular flexibility index (Phi) is 4.28. The standard InChI is InChI=1S/C17H31N/c1-2-18-17-6-4-3-5-13(12-17)10-16-11-14-7-8-15(16)9-14/h13-18H,2-12H2,1H3. The van der Waals surface area contributed by atoms with Gasteiger partial charge in [0.25, 0.3) is 0 Å². The maximum absolute atomic E-state index is 3.71. The van der Waals surface area contributed by atoms with E-state index in [0.29, 0.717) is 0 Å². The Bertz CT molecular complexity index is 262. The highest BCUT2D eigenvalue weighted by molar-refractivity contribution is 4.91. The zero-order chi connectivity index (χ0) is 12.4. The van der Waals surface area contributed by atoms with Gasteiger partial charge >= 0.3 is 0 Å². The molecule has 1 N–H and O–H groups in total. The Balaban J connectivity index is 1.51. The van der Waals surface area contributed by atoms with Crippen LogP contribution in [0.4, 0.5) is 0 Å². The smallest absolute Gasteiger partial charge is 0.00695 e. The molecule has 3 fully saturated rings. The van der Waals surface area contributed by atoms with Crippen LogP contribution in [0.15, 0.2) is 0 Å². The number of fused-ring (bicyclic) bond motifs is 2. The zero-order valence-corrected chi connectivity index (χ0v) is 12.2. The lowest BCUT2D eigenvalue weighted by atomic mass is 9.79. The van der Waals surface area contributed by atoms with Crippen molar-refractivity contribution in [1.29, 1.82) is 0 Å². The van der Waals surface area contributed by atoms with Crippen LogP contribution in [0.5, 0.6) is 0 Å². The summed E-state index contributed by atoms with van der Waals surface area (Å²) < 4.78 is 0. The van der Waals surface area contributed by atoms with E-state index < -0.39 is 0 Å². The molecular formula is C17H31N. The first-order valence-electron chi connectivity index (χ1n) is 8.58. The third-order valence-corrected chi connectivity index (χ3v) is 6.05. The van der Waals surface area contributed by atoms with Crippen molar-refractivity contribution in [3.05, 3.63) is 0 Å². The van der Waals surface area contributed by atoms with E-state index in [2.05, 4.69) is 12.2 Å². The molecule has 0 aromatic rings. The topological polar surface area (TPSA) is 12.0 Å². The van der Waals surface area contributed by atoms with E-state index in [-0.39, 0.29) is 0 Å². The van der Waals surface area contributed by atoms with Gasteiger partial charge in [-0.2, -0.15) is 0 Å². The van der Waals surface area contributed by atoms with Gasteiger partial charge in [0.1, 0.15) is 0 Å². The average molecular weight is 249 g/mol. The predicted molar refractivity (Wildman–Crippen MR) is 77.6 cm³/mol. The Hall–Kier alpha value is -0.0400. The van der Waals surface area contributed by atoms with Gasteiger partial charge in [-0.25, -0.2) is 0 Å². The van der Waals surface area contributed by atoms with E-state index in [9.17, 15) is 0 Å². The quantitative estimate of drug-likeness (QED) is 0.729. The Labute approximate surface area is 113 Å². The summed E-state index contributed by atoms with van der Waals surface area (Å²) in [7, 11) is 0. The molecule has 0 saturated heterocycles. The SMILES string of the molecule is CCNC1CCCCC(CC2CC3CCC2C3)C1. The van der Waals surface area contributed by atoms with Crippen molar-refractivity contribution in [3.63, 3.8) is 0 Å². The third kappa shape index (κ3) is 2.92. The molecule has 18 heavy (non-hydrogen) atoms. The van der Waals surface area contributed by atoms with Gasteiger partial charge in [-0.3, -0.25) is 0 Å². The number of hydrogen-bond acceptors (Lipinski definition) is 1. The van der Waals surface area contributed by atoms with Crippen molar-refractivity contribution in [3.8, 4) is 0 Å². The van der Waals surface area contributed by atoms with Crippen molar-refractivity contribution in [1.82, 2.24) is 5.32 Å². The van der Waals surface area contributed by atoms with Crippen LogP contribution in [0.25, 0.3) is 0 Å². The minimum absolute atomic E-state index is 0.834. The van der Waals surface area contributed by atoms with E-state index in [1.165, 1.54) is 32.1 Å². The third-order valence-electron chi connectivity index (χ3n) is 6.05. The molecule has 1 heteroatoms. The molecular weight excluding hydrogens is 218 g/mol. The van der Waals surface area contributed by atoms with E-state index in [4.69, 9.17) is 0 Å². The van der Waals surface area contributed by atoms with E-state index in [1.807, 2.05) is 0 Å². The zero-order valence-electron chi connectivity index (χ0n) is 12.2. The molecule has 0 heterocycles. The van der Waals surface area contributed by atoms with Gasteiger partial charge in [-0.05, 0) is 68.7 Å². The highest BCUT2D eigenvalue weighted by Gasteiger charge is 2.40. The lowest BCUT2D eigenvalue weighted by Crippen LogP contribution is -2.30. The lowest BCUT2D eigenvalue weighted by Gasteiger charge is -2.28. The summed E-state index contributed by atoms with van der Waals surface area (Å²) in [6.07, 6.45) is 15.3. The van der Waals surface area contributed by atoms with Crippen molar-refractivity contribution in [2.45, 2.75) is 77.2 Å². The fraction of sp³-hybridized carbons (Fsp3) is 1.00. The van der Waals surface area contributed by atoms with Gasteiger partial charge in [0, 0.05) is 6.04 Å². The molecule has 104 valence electrons. The van der Waals surface area contributed by atoms with Gasteiger partial charge in [0.2, 0.25) is 0 Å². The molecule has 0 spiro atoms.